The Labute approximate surface area is 137 Å². The van der Waals surface area contributed by atoms with Gasteiger partial charge in [-0.2, -0.15) is 0 Å². The minimum Gasteiger partial charge on any atom is -0.352 e. The highest BCUT2D eigenvalue weighted by Gasteiger charge is 2.64. The topological polar surface area (TPSA) is 72.2 Å². The Morgan fingerprint density at radius 2 is 1.90 bits per heavy atom. The number of nitrogens with zero attached hydrogens (tertiary/aromatic N) is 1. The van der Waals surface area contributed by atoms with Gasteiger partial charge in [-0.3, -0.25) is 14.9 Å². The number of benzene rings is 1. The van der Waals surface area contributed by atoms with Gasteiger partial charge < -0.3 is 5.32 Å². The lowest BCUT2D eigenvalue weighted by Crippen LogP contribution is -2.27. The molecule has 0 aromatic heterocycles. The molecule has 0 spiro atoms. The van der Waals surface area contributed by atoms with Crippen molar-refractivity contribution in [2.24, 2.45) is 16.7 Å². The number of halogens is 1. The van der Waals surface area contributed by atoms with Gasteiger partial charge in [0.05, 0.1) is 10.5 Å². The Kier molecular flexibility index (Phi) is 4.03. The Morgan fingerprint density at radius 1 is 1.33 bits per heavy atom. The number of hydrogen-bond acceptors (Lipinski definition) is 3. The first-order valence-electron chi connectivity index (χ1n) is 6.81. The predicted octanol–water partition coefficient (Wildman–Crippen LogP) is 3.61. The fourth-order valence-corrected chi connectivity index (χ4v) is 3.51. The molecule has 0 aliphatic heterocycles. The fraction of sp³-hybridized carbons (Fsp3) is 0.533. The van der Waals surface area contributed by atoms with E-state index in [4.69, 9.17) is 0 Å². The summed E-state index contributed by atoms with van der Waals surface area (Å²) in [4.78, 5) is 22.6. The lowest BCUT2D eigenvalue weighted by atomic mass is 10.0. The van der Waals surface area contributed by atoms with Crippen LogP contribution in [0.15, 0.2) is 18.2 Å². The summed E-state index contributed by atoms with van der Waals surface area (Å²) in [6.45, 7) is 9.38. The average molecular weight is 402 g/mol. The van der Waals surface area contributed by atoms with Gasteiger partial charge in [-0.1, -0.05) is 27.7 Å². The van der Waals surface area contributed by atoms with E-state index in [0.29, 0.717) is 21.6 Å². The van der Waals surface area contributed by atoms with Crippen molar-refractivity contribution in [3.8, 4) is 0 Å². The zero-order valence-electron chi connectivity index (χ0n) is 12.6. The largest absolute Gasteiger partial charge is 0.352 e. The number of rotatable bonds is 4. The van der Waals surface area contributed by atoms with Gasteiger partial charge in [-0.15, -0.1) is 0 Å². The molecule has 0 atom stereocenters. The average Bonchev–Trinajstić information content (AvgIpc) is 2.77. The van der Waals surface area contributed by atoms with Crippen molar-refractivity contribution in [1.82, 2.24) is 5.32 Å². The van der Waals surface area contributed by atoms with E-state index in [1.54, 1.807) is 6.07 Å². The maximum atomic E-state index is 12.3. The van der Waals surface area contributed by atoms with Gasteiger partial charge in [0, 0.05) is 22.2 Å². The summed E-state index contributed by atoms with van der Waals surface area (Å²) in [5.41, 5.74) is 0.709. The maximum absolute atomic E-state index is 12.3. The van der Waals surface area contributed by atoms with Crippen LogP contribution in [0, 0.1) is 30.4 Å². The molecule has 1 aromatic carbocycles. The molecule has 1 saturated carbocycles. The molecule has 1 aliphatic carbocycles. The molecular weight excluding hydrogens is 383 g/mol. The number of carbonyl (C=O) groups excluding carboxylic acids is 1. The summed E-state index contributed by atoms with van der Waals surface area (Å²) in [6.07, 6.45) is 0. The minimum atomic E-state index is -0.486. The van der Waals surface area contributed by atoms with Crippen LogP contribution in [0.3, 0.4) is 0 Å². The molecule has 1 aromatic rings. The lowest BCUT2D eigenvalue weighted by Gasteiger charge is -2.08. The van der Waals surface area contributed by atoms with E-state index in [1.165, 1.54) is 12.1 Å². The van der Waals surface area contributed by atoms with E-state index in [2.05, 4.69) is 33.0 Å². The zero-order valence-corrected chi connectivity index (χ0v) is 14.7. The number of hydrogen-bond donors (Lipinski definition) is 1. The molecule has 0 heterocycles. The van der Waals surface area contributed by atoms with Crippen molar-refractivity contribution < 1.29 is 9.72 Å². The number of nitro groups is 1. The van der Waals surface area contributed by atoms with Crippen molar-refractivity contribution in [3.63, 3.8) is 0 Å². The molecule has 2 rings (SSSR count). The van der Waals surface area contributed by atoms with Crippen molar-refractivity contribution in [2.75, 3.05) is 6.54 Å². The molecule has 1 amide bonds. The van der Waals surface area contributed by atoms with Crippen LogP contribution in [0.2, 0.25) is 0 Å². The highest BCUT2D eigenvalue weighted by Crippen LogP contribution is 2.67. The molecule has 6 heteroatoms. The third kappa shape index (κ3) is 2.77. The maximum Gasteiger partial charge on any atom is 0.270 e. The van der Waals surface area contributed by atoms with Gasteiger partial charge in [-0.25, -0.2) is 0 Å². The first-order valence-corrected chi connectivity index (χ1v) is 7.89. The van der Waals surface area contributed by atoms with Crippen LogP contribution in [0.4, 0.5) is 5.69 Å². The van der Waals surface area contributed by atoms with Gasteiger partial charge in [0.25, 0.3) is 11.6 Å². The molecule has 114 valence electrons. The Hall–Kier alpha value is -1.18. The molecule has 1 fully saturated rings. The predicted molar refractivity (Wildman–Crippen MR) is 89.2 cm³/mol. The Morgan fingerprint density at radius 3 is 2.38 bits per heavy atom. The first-order chi connectivity index (χ1) is 9.59. The van der Waals surface area contributed by atoms with E-state index < -0.39 is 4.92 Å². The van der Waals surface area contributed by atoms with Crippen LogP contribution in [0.5, 0.6) is 0 Å². The molecule has 0 unspecified atom stereocenters. The van der Waals surface area contributed by atoms with E-state index in [1.807, 2.05) is 22.6 Å². The third-order valence-electron chi connectivity index (χ3n) is 5.19. The molecule has 0 radical (unpaired) electrons. The highest BCUT2D eigenvalue weighted by atomic mass is 127. The fourth-order valence-electron chi connectivity index (χ4n) is 2.93. The zero-order chi connectivity index (χ0) is 16.0. The molecule has 0 bridgehead atoms. The van der Waals surface area contributed by atoms with Gasteiger partial charge in [0.15, 0.2) is 0 Å². The molecule has 5 nitrogen and oxygen atoms in total. The second-order valence-electron chi connectivity index (χ2n) is 6.63. The van der Waals surface area contributed by atoms with Crippen molar-refractivity contribution in [2.45, 2.75) is 27.7 Å². The molecule has 1 aliphatic rings. The van der Waals surface area contributed by atoms with Gasteiger partial charge in [0.2, 0.25) is 0 Å². The van der Waals surface area contributed by atoms with Crippen LogP contribution in [-0.2, 0) is 0 Å². The molecule has 21 heavy (non-hydrogen) atoms. The second-order valence-corrected chi connectivity index (χ2v) is 7.79. The van der Waals surface area contributed by atoms with Crippen LogP contribution >= 0.6 is 22.6 Å². The first kappa shape index (κ1) is 16.2. The number of amides is 1. The van der Waals surface area contributed by atoms with Crippen LogP contribution in [0.25, 0.3) is 0 Å². The summed E-state index contributed by atoms with van der Waals surface area (Å²) in [7, 11) is 0. The summed E-state index contributed by atoms with van der Waals surface area (Å²) in [5.74, 6) is 0.173. The summed E-state index contributed by atoms with van der Waals surface area (Å²) >= 11 is 2.02. The number of carbonyl (C=O) groups is 1. The highest BCUT2D eigenvalue weighted by molar-refractivity contribution is 14.1. The van der Waals surface area contributed by atoms with E-state index in [-0.39, 0.29) is 22.4 Å². The van der Waals surface area contributed by atoms with Crippen LogP contribution in [-0.4, -0.2) is 17.4 Å². The van der Waals surface area contributed by atoms with Gasteiger partial charge in [0.1, 0.15) is 0 Å². The van der Waals surface area contributed by atoms with Crippen molar-refractivity contribution in [3.05, 3.63) is 37.4 Å². The van der Waals surface area contributed by atoms with E-state index >= 15 is 0 Å². The van der Waals surface area contributed by atoms with Crippen LogP contribution < -0.4 is 5.32 Å². The van der Waals surface area contributed by atoms with Crippen molar-refractivity contribution in [1.29, 1.82) is 0 Å². The standard InChI is InChI=1S/C15H19IN2O3/c1-14(2)12(15(14,3)4)8-17-13(19)10-7-9(18(20)21)5-6-11(10)16/h5-7,12H,8H2,1-4H3,(H,17,19). The Bertz CT molecular complexity index is 597. The quantitative estimate of drug-likeness (QED) is 0.475. The molecule has 1 N–H and O–H groups in total. The third-order valence-corrected chi connectivity index (χ3v) is 6.13. The van der Waals surface area contributed by atoms with Crippen molar-refractivity contribution >= 4 is 34.2 Å². The number of nitrogens with one attached hydrogen (secondary N) is 1. The minimum absolute atomic E-state index is 0.0624. The lowest BCUT2D eigenvalue weighted by molar-refractivity contribution is -0.384. The second kappa shape index (κ2) is 5.23. The molecule has 0 saturated heterocycles. The van der Waals surface area contributed by atoms with E-state index in [0.717, 1.165) is 0 Å². The summed E-state index contributed by atoms with van der Waals surface area (Å²) in [6, 6.07) is 4.34. The smallest absolute Gasteiger partial charge is 0.270 e. The van der Waals surface area contributed by atoms with Gasteiger partial charge >= 0.3 is 0 Å². The SMILES string of the molecule is CC1(C)C(CNC(=O)c2cc([N+](=O)[O-])ccc2I)C1(C)C. The molecular formula is C15H19IN2O3. The normalized spacial score (nSPS) is 19.1. The van der Waals surface area contributed by atoms with E-state index in [9.17, 15) is 14.9 Å². The Balaban J connectivity index is 2.08. The van der Waals surface area contributed by atoms with Gasteiger partial charge in [-0.05, 0) is 45.4 Å². The summed E-state index contributed by atoms with van der Waals surface area (Å²) < 4.78 is 0.713. The summed E-state index contributed by atoms with van der Waals surface area (Å²) in [5, 5.41) is 13.7. The number of non-ortho nitro benzene ring substituents is 1. The monoisotopic (exact) mass is 402 g/mol. The number of nitro benzene ring substituents is 1. The van der Waals surface area contributed by atoms with Crippen LogP contribution in [0.1, 0.15) is 38.1 Å².